The molecule has 0 spiro atoms. The summed E-state index contributed by atoms with van der Waals surface area (Å²) in [6.07, 6.45) is 0. The van der Waals surface area contributed by atoms with Crippen molar-refractivity contribution >= 4 is 5.91 Å². The molecule has 1 N–H and O–H groups in total. The number of ether oxygens (including phenoxy) is 1. The van der Waals surface area contributed by atoms with Crippen molar-refractivity contribution in [3.8, 4) is 5.75 Å². The molecule has 4 nitrogen and oxygen atoms in total. The normalized spacial score (nSPS) is 10.8. The lowest BCUT2D eigenvalue weighted by Gasteiger charge is -2.08. The molecule has 0 aliphatic carbocycles. The molecule has 1 rings (SSSR count). The van der Waals surface area contributed by atoms with Crippen molar-refractivity contribution < 1.29 is 23.1 Å². The predicted octanol–water partition coefficient (Wildman–Crippen LogP) is 2.61. The van der Waals surface area contributed by atoms with Crippen LogP contribution in [0.1, 0.15) is 24.2 Å². The van der Waals surface area contributed by atoms with E-state index in [-0.39, 0.29) is 5.75 Å². The van der Waals surface area contributed by atoms with Gasteiger partial charge in [-0.3, -0.25) is 9.63 Å². The van der Waals surface area contributed by atoms with Gasteiger partial charge in [-0.05, 0) is 30.2 Å². The zero-order chi connectivity index (χ0) is 13.5. The summed E-state index contributed by atoms with van der Waals surface area (Å²) < 4.78 is 28.0. The number of hydrogen-bond acceptors (Lipinski definition) is 3. The Hall–Kier alpha value is -1.69. The fraction of sp³-hybridized carbons (Fsp3) is 0.417. The summed E-state index contributed by atoms with van der Waals surface area (Å²) in [7, 11) is 0. The number of hydroxylamine groups is 1. The number of hydrogen-bond donors (Lipinski definition) is 1. The highest BCUT2D eigenvalue weighted by atomic mass is 19.3. The number of alkyl halides is 2. The van der Waals surface area contributed by atoms with E-state index in [1.807, 2.05) is 13.8 Å². The van der Waals surface area contributed by atoms with Crippen molar-refractivity contribution in [3.05, 3.63) is 29.8 Å². The zero-order valence-electron chi connectivity index (χ0n) is 10.2. The van der Waals surface area contributed by atoms with Gasteiger partial charge in [-0.1, -0.05) is 13.8 Å². The van der Waals surface area contributed by atoms with Crippen LogP contribution in [0.25, 0.3) is 0 Å². The van der Waals surface area contributed by atoms with Gasteiger partial charge >= 0.3 is 6.61 Å². The van der Waals surface area contributed by atoms with E-state index in [2.05, 4.69) is 10.2 Å². The van der Waals surface area contributed by atoms with E-state index in [0.29, 0.717) is 18.1 Å². The van der Waals surface area contributed by atoms with Crippen molar-refractivity contribution in [2.75, 3.05) is 6.61 Å². The molecular formula is C12H15F2NO3. The van der Waals surface area contributed by atoms with Gasteiger partial charge in [-0.15, -0.1) is 0 Å². The molecule has 1 aromatic carbocycles. The fourth-order valence-corrected chi connectivity index (χ4v) is 1.12. The van der Waals surface area contributed by atoms with Gasteiger partial charge in [0.05, 0.1) is 6.61 Å². The van der Waals surface area contributed by atoms with Crippen LogP contribution >= 0.6 is 0 Å². The Bertz CT molecular complexity index is 379. The first-order valence-electron chi connectivity index (χ1n) is 5.46. The van der Waals surface area contributed by atoms with Crippen molar-refractivity contribution in [3.63, 3.8) is 0 Å². The Balaban J connectivity index is 2.48. The smallest absolute Gasteiger partial charge is 0.387 e. The van der Waals surface area contributed by atoms with E-state index in [4.69, 9.17) is 4.84 Å². The highest BCUT2D eigenvalue weighted by Gasteiger charge is 2.08. The van der Waals surface area contributed by atoms with Gasteiger partial charge in [0.25, 0.3) is 5.91 Å². The average molecular weight is 259 g/mol. The molecule has 0 aliphatic rings. The number of benzene rings is 1. The summed E-state index contributed by atoms with van der Waals surface area (Å²) >= 11 is 0. The molecule has 1 aromatic rings. The van der Waals surface area contributed by atoms with Crippen molar-refractivity contribution in [1.29, 1.82) is 0 Å². The second kappa shape index (κ2) is 6.90. The topological polar surface area (TPSA) is 47.6 Å². The van der Waals surface area contributed by atoms with Crippen LogP contribution in [0.5, 0.6) is 5.75 Å². The molecule has 0 radical (unpaired) electrons. The quantitative estimate of drug-likeness (QED) is 0.799. The minimum Gasteiger partial charge on any atom is -0.435 e. The number of carbonyl (C=O) groups is 1. The molecule has 0 aliphatic heterocycles. The third kappa shape index (κ3) is 5.09. The molecule has 100 valence electrons. The minimum absolute atomic E-state index is 0.00430. The average Bonchev–Trinajstić information content (AvgIpc) is 2.28. The molecule has 0 aromatic heterocycles. The summed E-state index contributed by atoms with van der Waals surface area (Å²) in [5, 5.41) is 0. The van der Waals surface area contributed by atoms with Crippen LogP contribution in [0.15, 0.2) is 24.3 Å². The number of nitrogens with one attached hydrogen (secondary N) is 1. The second-order valence-electron chi connectivity index (χ2n) is 4.04. The maximum Gasteiger partial charge on any atom is 0.387 e. The van der Waals surface area contributed by atoms with Gasteiger partial charge in [-0.25, -0.2) is 5.48 Å². The fourth-order valence-electron chi connectivity index (χ4n) is 1.12. The van der Waals surface area contributed by atoms with E-state index in [0.717, 1.165) is 0 Å². The molecule has 0 bridgehead atoms. The summed E-state index contributed by atoms with van der Waals surface area (Å²) in [5.74, 6) is -0.129. The summed E-state index contributed by atoms with van der Waals surface area (Å²) in [6.45, 7) is 1.42. The molecule has 0 fully saturated rings. The van der Waals surface area contributed by atoms with Crippen molar-refractivity contribution in [1.82, 2.24) is 5.48 Å². The molecule has 0 unspecified atom stereocenters. The Morgan fingerprint density at radius 3 is 2.39 bits per heavy atom. The highest BCUT2D eigenvalue weighted by molar-refractivity contribution is 5.93. The molecule has 0 saturated heterocycles. The number of amides is 1. The van der Waals surface area contributed by atoms with Gasteiger partial charge in [-0.2, -0.15) is 8.78 Å². The summed E-state index contributed by atoms with van der Waals surface area (Å²) in [6, 6.07) is 5.35. The van der Waals surface area contributed by atoms with E-state index < -0.39 is 12.5 Å². The standard InChI is InChI=1S/C12H15F2NO3/c1-8(2)7-17-15-11(16)9-3-5-10(6-4-9)18-12(13)14/h3-6,8,12H,7H2,1-2H3,(H,15,16). The third-order valence-electron chi connectivity index (χ3n) is 1.92. The maximum absolute atomic E-state index is 11.9. The maximum atomic E-state index is 11.9. The van der Waals surface area contributed by atoms with Crippen LogP contribution in [0.3, 0.4) is 0 Å². The first kappa shape index (κ1) is 14.4. The summed E-state index contributed by atoms with van der Waals surface area (Å²) in [4.78, 5) is 16.5. The van der Waals surface area contributed by atoms with Gasteiger partial charge in [0.15, 0.2) is 0 Å². The largest absolute Gasteiger partial charge is 0.435 e. The lowest BCUT2D eigenvalue weighted by atomic mass is 10.2. The number of rotatable bonds is 6. The molecule has 1 amide bonds. The van der Waals surface area contributed by atoms with Crippen LogP contribution in [0.2, 0.25) is 0 Å². The lowest BCUT2D eigenvalue weighted by molar-refractivity contribution is -0.0498. The van der Waals surface area contributed by atoms with E-state index in [9.17, 15) is 13.6 Å². The highest BCUT2D eigenvalue weighted by Crippen LogP contribution is 2.14. The molecule has 0 saturated carbocycles. The van der Waals surface area contributed by atoms with E-state index >= 15 is 0 Å². The Morgan fingerprint density at radius 1 is 1.28 bits per heavy atom. The molecule has 0 atom stereocenters. The zero-order valence-corrected chi connectivity index (χ0v) is 10.2. The van der Waals surface area contributed by atoms with E-state index in [1.54, 1.807) is 0 Å². The van der Waals surface area contributed by atoms with Gasteiger partial charge in [0, 0.05) is 5.56 Å². The third-order valence-corrected chi connectivity index (χ3v) is 1.92. The van der Waals surface area contributed by atoms with Crippen LogP contribution < -0.4 is 10.2 Å². The lowest BCUT2D eigenvalue weighted by Crippen LogP contribution is -2.25. The predicted molar refractivity (Wildman–Crippen MR) is 61.3 cm³/mol. The van der Waals surface area contributed by atoms with Crippen LogP contribution in [-0.4, -0.2) is 19.1 Å². The van der Waals surface area contributed by atoms with Crippen LogP contribution in [-0.2, 0) is 4.84 Å². The van der Waals surface area contributed by atoms with Crippen molar-refractivity contribution in [2.45, 2.75) is 20.5 Å². The van der Waals surface area contributed by atoms with Gasteiger partial charge in [0.1, 0.15) is 5.75 Å². The van der Waals surface area contributed by atoms with Gasteiger partial charge < -0.3 is 4.74 Å². The summed E-state index contributed by atoms with van der Waals surface area (Å²) in [5.41, 5.74) is 2.57. The first-order valence-corrected chi connectivity index (χ1v) is 5.46. The molecule has 18 heavy (non-hydrogen) atoms. The minimum atomic E-state index is -2.88. The first-order chi connectivity index (χ1) is 8.49. The second-order valence-corrected chi connectivity index (χ2v) is 4.04. The number of carbonyl (C=O) groups excluding carboxylic acids is 1. The number of halogens is 2. The van der Waals surface area contributed by atoms with Gasteiger partial charge in [0.2, 0.25) is 0 Å². The van der Waals surface area contributed by atoms with E-state index in [1.165, 1.54) is 24.3 Å². The van der Waals surface area contributed by atoms with Crippen molar-refractivity contribution in [2.24, 2.45) is 5.92 Å². The Kier molecular flexibility index (Phi) is 5.51. The SMILES string of the molecule is CC(C)CONC(=O)c1ccc(OC(F)F)cc1. The molecule has 0 heterocycles. The Labute approximate surface area is 104 Å². The molecule has 6 heteroatoms. The van der Waals surface area contributed by atoms with Crippen LogP contribution in [0.4, 0.5) is 8.78 Å². The monoisotopic (exact) mass is 259 g/mol. The molecular weight excluding hydrogens is 244 g/mol. The Morgan fingerprint density at radius 2 is 1.89 bits per heavy atom. The van der Waals surface area contributed by atoms with Crippen LogP contribution in [0, 0.1) is 5.92 Å².